The number of hydrogen-bond acceptors (Lipinski definition) is 6. The van der Waals surface area contributed by atoms with Crippen molar-refractivity contribution in [1.29, 1.82) is 0 Å². The summed E-state index contributed by atoms with van der Waals surface area (Å²) in [6.07, 6.45) is 1.08. The first-order chi connectivity index (χ1) is 20.7. The average molecular weight is 645 g/mol. The molecule has 2 heterocycles. The Hall–Kier alpha value is -3.40. The number of hydrogen-bond donors (Lipinski definition) is 0. The topological polar surface area (TPSA) is 87.2 Å². The van der Waals surface area contributed by atoms with Gasteiger partial charge in [-0.3, -0.25) is 19.2 Å². The smallest absolute Gasteiger partial charge is 0.325 e. The first-order valence-corrected chi connectivity index (χ1v) is 15.9. The minimum atomic E-state index is -1.02. The number of benzene rings is 2. The molecule has 1 aliphatic heterocycles. The van der Waals surface area contributed by atoms with Crippen LogP contribution >= 0.6 is 34.5 Å². The molecule has 0 bridgehead atoms. The van der Waals surface area contributed by atoms with Crippen LogP contribution in [-0.2, 0) is 43.2 Å². The zero-order chi connectivity index (χ0) is 30.8. The van der Waals surface area contributed by atoms with Gasteiger partial charge in [-0.1, -0.05) is 71.7 Å². The molecule has 228 valence electrons. The number of carbonyl (C=O) groups is 4. The van der Waals surface area contributed by atoms with Crippen LogP contribution in [0.25, 0.3) is 0 Å². The summed E-state index contributed by atoms with van der Waals surface area (Å²) < 4.78 is 5.11. The minimum Gasteiger partial charge on any atom is -0.465 e. The van der Waals surface area contributed by atoms with E-state index in [0.717, 1.165) is 16.0 Å². The van der Waals surface area contributed by atoms with Gasteiger partial charge in [-0.25, -0.2) is 0 Å². The van der Waals surface area contributed by atoms with Gasteiger partial charge in [0.15, 0.2) is 0 Å². The van der Waals surface area contributed by atoms with Crippen molar-refractivity contribution < 1.29 is 23.9 Å². The summed E-state index contributed by atoms with van der Waals surface area (Å²) >= 11 is 14.3. The van der Waals surface area contributed by atoms with E-state index in [4.69, 9.17) is 27.9 Å². The molecular formula is C32H35Cl2N3O5S. The lowest BCUT2D eigenvalue weighted by molar-refractivity contribution is -0.159. The van der Waals surface area contributed by atoms with Crippen LogP contribution in [0.2, 0.25) is 5.02 Å². The molecule has 3 amide bonds. The summed E-state index contributed by atoms with van der Waals surface area (Å²) in [5.74, 6) is -1.64. The van der Waals surface area contributed by atoms with E-state index < -0.39 is 23.4 Å². The highest BCUT2D eigenvalue weighted by Crippen LogP contribution is 2.22. The molecule has 0 aliphatic carbocycles. The van der Waals surface area contributed by atoms with Gasteiger partial charge in [-0.15, -0.1) is 11.3 Å². The molecule has 1 fully saturated rings. The number of ether oxygens (including phenoxy) is 1. The Bertz CT molecular complexity index is 1370. The van der Waals surface area contributed by atoms with Crippen LogP contribution in [0.1, 0.15) is 29.3 Å². The Labute approximate surface area is 266 Å². The number of alkyl halides is 1. The fourth-order valence-corrected chi connectivity index (χ4v) is 6.19. The number of amides is 3. The highest BCUT2D eigenvalue weighted by Gasteiger charge is 2.41. The Morgan fingerprint density at radius 2 is 1.74 bits per heavy atom. The molecule has 3 aromatic rings. The summed E-state index contributed by atoms with van der Waals surface area (Å²) in [6.45, 7) is 2.03. The third-order valence-electron chi connectivity index (χ3n) is 7.26. The maximum Gasteiger partial charge on any atom is 0.325 e. The van der Waals surface area contributed by atoms with Gasteiger partial charge in [-0.05, 0) is 54.5 Å². The van der Waals surface area contributed by atoms with Gasteiger partial charge in [0.2, 0.25) is 17.7 Å². The van der Waals surface area contributed by atoms with Crippen molar-refractivity contribution in [2.75, 3.05) is 32.8 Å². The van der Waals surface area contributed by atoms with E-state index in [-0.39, 0.29) is 44.4 Å². The predicted octanol–water partition coefficient (Wildman–Crippen LogP) is 4.82. The second-order valence-electron chi connectivity index (χ2n) is 10.2. The van der Waals surface area contributed by atoms with E-state index in [2.05, 4.69) is 0 Å². The number of halogens is 2. The molecule has 0 radical (unpaired) electrons. The maximum absolute atomic E-state index is 13.9. The van der Waals surface area contributed by atoms with Gasteiger partial charge >= 0.3 is 5.97 Å². The molecule has 0 spiro atoms. The van der Waals surface area contributed by atoms with E-state index >= 15 is 0 Å². The second-order valence-corrected chi connectivity index (χ2v) is 12.2. The summed E-state index contributed by atoms with van der Waals surface area (Å²) in [5, 5.41) is 2.52. The van der Waals surface area contributed by atoms with Gasteiger partial charge in [0.25, 0.3) is 0 Å². The zero-order valence-corrected chi connectivity index (χ0v) is 26.3. The Morgan fingerprint density at radius 1 is 1.00 bits per heavy atom. The van der Waals surface area contributed by atoms with Gasteiger partial charge in [0.05, 0.1) is 19.6 Å². The third-order valence-corrected chi connectivity index (χ3v) is 8.84. The fourth-order valence-electron chi connectivity index (χ4n) is 5.01. The summed E-state index contributed by atoms with van der Waals surface area (Å²) in [7, 11) is 0. The fraction of sp³-hybridized carbons (Fsp3) is 0.375. The molecule has 2 atom stereocenters. The standard InChI is InChI=1S/C32H35Cl2N3O5S/c1-2-42-31(40)22-37(28(34)19-24-10-12-25(33)13-11-24)29(38)20-27-32(41)35(16-14-23-7-4-3-5-8-23)21-30(39)36(27)17-15-26-9-6-18-43-26/h3-13,18,27-28H,2,14-17,19-22H2,1H3. The van der Waals surface area contributed by atoms with Crippen molar-refractivity contribution in [3.63, 3.8) is 0 Å². The molecule has 11 heteroatoms. The first-order valence-electron chi connectivity index (χ1n) is 14.2. The zero-order valence-electron chi connectivity index (χ0n) is 24.0. The predicted molar refractivity (Wildman–Crippen MR) is 168 cm³/mol. The van der Waals surface area contributed by atoms with Crippen molar-refractivity contribution in [3.8, 4) is 0 Å². The largest absolute Gasteiger partial charge is 0.465 e. The molecule has 2 aromatic carbocycles. The molecule has 2 unspecified atom stereocenters. The molecule has 0 saturated carbocycles. The highest BCUT2D eigenvalue weighted by atomic mass is 35.5. The third kappa shape index (κ3) is 9.29. The van der Waals surface area contributed by atoms with Gasteiger partial charge in [0, 0.05) is 29.4 Å². The van der Waals surface area contributed by atoms with Gasteiger partial charge < -0.3 is 19.4 Å². The molecule has 1 saturated heterocycles. The Morgan fingerprint density at radius 3 is 2.42 bits per heavy atom. The van der Waals surface area contributed by atoms with Crippen molar-refractivity contribution in [3.05, 3.63) is 93.1 Å². The molecule has 1 aromatic heterocycles. The number of piperazine rings is 1. The lowest BCUT2D eigenvalue weighted by Gasteiger charge is -2.41. The lowest BCUT2D eigenvalue weighted by atomic mass is 10.0. The quantitative estimate of drug-likeness (QED) is 0.143. The molecule has 4 rings (SSSR count). The van der Waals surface area contributed by atoms with E-state index in [0.29, 0.717) is 31.0 Å². The Balaban J connectivity index is 1.55. The summed E-state index contributed by atoms with van der Waals surface area (Å²) in [6, 6.07) is 19.6. The van der Waals surface area contributed by atoms with Gasteiger partial charge in [-0.2, -0.15) is 0 Å². The molecular weight excluding hydrogens is 609 g/mol. The van der Waals surface area contributed by atoms with Crippen molar-refractivity contribution in [2.24, 2.45) is 0 Å². The average Bonchev–Trinajstić information content (AvgIpc) is 3.52. The Kier molecular flexibility index (Phi) is 12.0. The second kappa shape index (κ2) is 15.9. The van der Waals surface area contributed by atoms with Crippen LogP contribution in [0, 0.1) is 0 Å². The van der Waals surface area contributed by atoms with E-state index in [1.165, 1.54) is 14.7 Å². The SMILES string of the molecule is CCOC(=O)CN(C(=O)CC1C(=O)N(CCc2ccccc2)CC(=O)N1CCc1cccs1)C(Cl)Cc1ccc(Cl)cc1. The van der Waals surface area contributed by atoms with Crippen LogP contribution in [0.3, 0.4) is 0 Å². The monoisotopic (exact) mass is 643 g/mol. The molecule has 1 aliphatic rings. The van der Waals surface area contributed by atoms with Gasteiger partial charge in [0.1, 0.15) is 18.1 Å². The maximum atomic E-state index is 13.9. The van der Waals surface area contributed by atoms with Crippen LogP contribution in [-0.4, -0.2) is 82.7 Å². The normalized spacial score (nSPS) is 15.8. The van der Waals surface area contributed by atoms with Crippen LogP contribution < -0.4 is 0 Å². The highest BCUT2D eigenvalue weighted by molar-refractivity contribution is 7.09. The molecule has 8 nitrogen and oxygen atoms in total. The van der Waals surface area contributed by atoms with E-state index in [9.17, 15) is 19.2 Å². The first kappa shape index (κ1) is 32.5. The van der Waals surface area contributed by atoms with Crippen molar-refractivity contribution in [2.45, 2.75) is 44.1 Å². The summed E-state index contributed by atoms with van der Waals surface area (Å²) in [4.78, 5) is 59.0. The number of carbonyl (C=O) groups excluding carboxylic acids is 4. The number of nitrogens with zero attached hydrogens (tertiary/aromatic N) is 3. The molecule has 43 heavy (non-hydrogen) atoms. The summed E-state index contributed by atoms with van der Waals surface area (Å²) in [5.41, 5.74) is 0.962. The number of esters is 1. The number of thiophene rings is 1. The lowest BCUT2D eigenvalue weighted by Crippen LogP contribution is -2.61. The van der Waals surface area contributed by atoms with E-state index in [1.54, 1.807) is 42.5 Å². The van der Waals surface area contributed by atoms with Crippen molar-refractivity contribution in [1.82, 2.24) is 14.7 Å². The van der Waals surface area contributed by atoms with Crippen LogP contribution in [0.5, 0.6) is 0 Å². The molecule has 0 N–H and O–H groups in total. The van der Waals surface area contributed by atoms with E-state index in [1.807, 2.05) is 47.8 Å². The van der Waals surface area contributed by atoms with Crippen LogP contribution in [0.15, 0.2) is 72.1 Å². The van der Waals surface area contributed by atoms with Crippen LogP contribution in [0.4, 0.5) is 0 Å². The number of rotatable bonds is 14. The minimum absolute atomic E-state index is 0.0535. The van der Waals surface area contributed by atoms with Crippen molar-refractivity contribution >= 4 is 58.2 Å².